The van der Waals surface area contributed by atoms with E-state index in [-0.39, 0.29) is 35.0 Å². The molecule has 32 heavy (non-hydrogen) atoms. The van der Waals surface area contributed by atoms with E-state index >= 15 is 0 Å². The standard InChI is InChI=1S/C20H31N7O4S/c1-6-26-12-16(18(24-26)20(29)22-13(2)3)23-19(28)15-8-7-9-27(11-15)32(30,31)17-10-21-25(5)14(17)4/h10,12-13,15H,6-9,11H2,1-5H3,(H,22,29)(H,23,28). The predicted molar refractivity (Wildman–Crippen MR) is 119 cm³/mol. The van der Waals surface area contributed by atoms with Gasteiger partial charge in [-0.3, -0.25) is 19.0 Å². The smallest absolute Gasteiger partial charge is 0.274 e. The summed E-state index contributed by atoms with van der Waals surface area (Å²) >= 11 is 0. The number of carbonyl (C=O) groups is 2. The third-order valence-electron chi connectivity index (χ3n) is 5.54. The number of aryl methyl sites for hydroxylation is 2. The third-order valence-corrected chi connectivity index (χ3v) is 7.51. The number of nitrogens with one attached hydrogen (secondary N) is 2. The summed E-state index contributed by atoms with van der Waals surface area (Å²) in [7, 11) is -2.07. The number of hydrogen-bond acceptors (Lipinski definition) is 6. The Hall–Kier alpha value is -2.73. The minimum Gasteiger partial charge on any atom is -0.348 e. The lowest BCUT2D eigenvalue weighted by molar-refractivity contribution is -0.120. The quantitative estimate of drug-likeness (QED) is 0.630. The number of carbonyl (C=O) groups excluding carboxylic acids is 2. The number of piperidine rings is 1. The van der Waals surface area contributed by atoms with Gasteiger partial charge in [-0.25, -0.2) is 8.42 Å². The summed E-state index contributed by atoms with van der Waals surface area (Å²) in [6.07, 6.45) is 4.07. The van der Waals surface area contributed by atoms with Crippen LogP contribution in [0.5, 0.6) is 0 Å². The van der Waals surface area contributed by atoms with Crippen molar-refractivity contribution in [1.29, 1.82) is 0 Å². The lowest BCUT2D eigenvalue weighted by Gasteiger charge is -2.31. The number of sulfonamides is 1. The van der Waals surface area contributed by atoms with Gasteiger partial charge >= 0.3 is 0 Å². The number of amides is 2. The van der Waals surface area contributed by atoms with Crippen molar-refractivity contribution >= 4 is 27.5 Å². The molecule has 0 spiro atoms. The lowest BCUT2D eigenvalue weighted by atomic mass is 9.99. The average molecular weight is 466 g/mol. The van der Waals surface area contributed by atoms with E-state index in [0.717, 1.165) is 0 Å². The van der Waals surface area contributed by atoms with E-state index in [0.29, 0.717) is 37.3 Å². The molecule has 0 bridgehead atoms. The maximum Gasteiger partial charge on any atom is 0.274 e. The summed E-state index contributed by atoms with van der Waals surface area (Å²) < 4.78 is 30.6. The normalized spacial score (nSPS) is 17.5. The first kappa shape index (κ1) is 23.9. The van der Waals surface area contributed by atoms with Crippen molar-refractivity contribution in [3.05, 3.63) is 23.8 Å². The third kappa shape index (κ3) is 4.85. The van der Waals surface area contributed by atoms with E-state index in [9.17, 15) is 18.0 Å². The predicted octanol–water partition coefficient (Wildman–Crippen LogP) is 1.12. The van der Waals surface area contributed by atoms with E-state index in [1.807, 2.05) is 20.8 Å². The van der Waals surface area contributed by atoms with Crippen molar-refractivity contribution in [2.45, 2.75) is 58.0 Å². The van der Waals surface area contributed by atoms with Crippen LogP contribution < -0.4 is 10.6 Å². The molecule has 11 nitrogen and oxygen atoms in total. The van der Waals surface area contributed by atoms with Gasteiger partial charge in [0.2, 0.25) is 15.9 Å². The zero-order valence-electron chi connectivity index (χ0n) is 19.1. The molecule has 0 saturated carbocycles. The Morgan fingerprint density at radius 3 is 2.62 bits per heavy atom. The molecule has 0 aliphatic carbocycles. The van der Waals surface area contributed by atoms with Gasteiger partial charge in [-0.15, -0.1) is 0 Å². The second kappa shape index (κ2) is 9.41. The van der Waals surface area contributed by atoms with Gasteiger partial charge < -0.3 is 10.6 Å². The fourth-order valence-electron chi connectivity index (χ4n) is 3.65. The van der Waals surface area contributed by atoms with Crippen molar-refractivity contribution in [2.75, 3.05) is 18.4 Å². The van der Waals surface area contributed by atoms with Crippen molar-refractivity contribution in [2.24, 2.45) is 13.0 Å². The topological polar surface area (TPSA) is 131 Å². The summed E-state index contributed by atoms with van der Waals surface area (Å²) in [6, 6.07) is -0.0779. The Balaban J connectivity index is 1.77. The number of aromatic nitrogens is 4. The molecule has 1 unspecified atom stereocenters. The van der Waals surface area contributed by atoms with E-state index in [1.165, 1.54) is 15.2 Å². The fraction of sp³-hybridized carbons (Fsp3) is 0.600. The van der Waals surface area contributed by atoms with E-state index in [1.54, 1.807) is 24.9 Å². The first-order chi connectivity index (χ1) is 15.0. The molecule has 3 heterocycles. The van der Waals surface area contributed by atoms with Gasteiger partial charge in [0, 0.05) is 38.9 Å². The minimum absolute atomic E-state index is 0.0674. The SMILES string of the molecule is CCn1cc(NC(=O)C2CCCN(S(=O)(=O)c3cnn(C)c3C)C2)c(C(=O)NC(C)C)n1. The molecule has 2 aromatic rings. The maximum atomic E-state index is 13.1. The zero-order chi connectivity index (χ0) is 23.6. The molecule has 1 fully saturated rings. The second-order valence-electron chi connectivity index (χ2n) is 8.28. The molecule has 2 aromatic heterocycles. The van der Waals surface area contributed by atoms with Crippen LogP contribution in [0, 0.1) is 12.8 Å². The van der Waals surface area contributed by atoms with Gasteiger partial charge in [-0.1, -0.05) is 0 Å². The van der Waals surface area contributed by atoms with Crippen LogP contribution in [0.3, 0.4) is 0 Å². The number of anilines is 1. The minimum atomic E-state index is -3.76. The molecule has 0 radical (unpaired) electrons. The molecule has 12 heteroatoms. The van der Waals surface area contributed by atoms with Gasteiger partial charge in [0.15, 0.2) is 5.69 Å². The van der Waals surface area contributed by atoms with Gasteiger partial charge in [-0.05, 0) is 40.5 Å². The zero-order valence-corrected chi connectivity index (χ0v) is 19.9. The Morgan fingerprint density at radius 1 is 1.31 bits per heavy atom. The lowest BCUT2D eigenvalue weighted by Crippen LogP contribution is -2.44. The Labute approximate surface area is 188 Å². The summed E-state index contributed by atoms with van der Waals surface area (Å²) in [5, 5.41) is 13.9. The highest BCUT2D eigenvalue weighted by molar-refractivity contribution is 7.89. The summed E-state index contributed by atoms with van der Waals surface area (Å²) in [6.45, 7) is 8.21. The molecule has 0 aromatic carbocycles. The van der Waals surface area contributed by atoms with E-state index < -0.39 is 15.9 Å². The Morgan fingerprint density at radius 2 is 2.03 bits per heavy atom. The van der Waals surface area contributed by atoms with Gasteiger partial charge in [0.25, 0.3) is 5.91 Å². The Kier molecular flexibility index (Phi) is 7.03. The van der Waals surface area contributed by atoms with Crippen molar-refractivity contribution < 1.29 is 18.0 Å². The van der Waals surface area contributed by atoms with Crippen LogP contribution >= 0.6 is 0 Å². The molecule has 1 saturated heterocycles. The van der Waals surface area contributed by atoms with Crippen LogP contribution in [0.4, 0.5) is 5.69 Å². The fourth-order valence-corrected chi connectivity index (χ4v) is 5.36. The number of nitrogens with zero attached hydrogens (tertiary/aromatic N) is 5. The molecular formula is C20H31N7O4S. The van der Waals surface area contributed by atoms with Crippen LogP contribution in [0.1, 0.15) is 49.8 Å². The summed E-state index contributed by atoms with van der Waals surface area (Å²) in [4.78, 5) is 25.7. The van der Waals surface area contributed by atoms with Crippen LogP contribution in [-0.4, -0.2) is 63.2 Å². The highest BCUT2D eigenvalue weighted by atomic mass is 32.2. The van der Waals surface area contributed by atoms with Crippen LogP contribution in [0.15, 0.2) is 17.3 Å². The maximum absolute atomic E-state index is 13.1. The largest absolute Gasteiger partial charge is 0.348 e. The number of rotatable bonds is 7. The molecular weight excluding hydrogens is 434 g/mol. The highest BCUT2D eigenvalue weighted by Gasteiger charge is 2.35. The van der Waals surface area contributed by atoms with E-state index in [4.69, 9.17) is 0 Å². The van der Waals surface area contributed by atoms with Gasteiger partial charge in [0.05, 0.1) is 23.5 Å². The van der Waals surface area contributed by atoms with Crippen LogP contribution in [0.25, 0.3) is 0 Å². The first-order valence-electron chi connectivity index (χ1n) is 10.7. The van der Waals surface area contributed by atoms with Gasteiger partial charge in [0.1, 0.15) is 4.90 Å². The van der Waals surface area contributed by atoms with Crippen molar-refractivity contribution in [3.63, 3.8) is 0 Å². The second-order valence-corrected chi connectivity index (χ2v) is 10.2. The molecule has 1 aliphatic rings. The molecule has 2 N–H and O–H groups in total. The number of hydrogen-bond donors (Lipinski definition) is 2. The summed E-state index contributed by atoms with van der Waals surface area (Å²) in [5.41, 5.74) is 1.00. The van der Waals surface area contributed by atoms with Crippen molar-refractivity contribution in [3.8, 4) is 0 Å². The van der Waals surface area contributed by atoms with Gasteiger partial charge in [-0.2, -0.15) is 14.5 Å². The molecule has 1 aliphatic heterocycles. The molecule has 3 rings (SSSR count). The van der Waals surface area contributed by atoms with Crippen LogP contribution in [0.2, 0.25) is 0 Å². The Bertz CT molecular complexity index is 1100. The highest BCUT2D eigenvalue weighted by Crippen LogP contribution is 2.26. The molecule has 2 amide bonds. The van der Waals surface area contributed by atoms with Crippen molar-refractivity contribution in [1.82, 2.24) is 29.2 Å². The molecule has 176 valence electrons. The first-order valence-corrected chi connectivity index (χ1v) is 12.2. The monoisotopic (exact) mass is 465 g/mol. The molecule has 1 atom stereocenters. The van der Waals surface area contributed by atoms with E-state index in [2.05, 4.69) is 20.8 Å². The van der Waals surface area contributed by atoms with Crippen LogP contribution in [-0.2, 0) is 28.4 Å². The average Bonchev–Trinajstić information content (AvgIpc) is 3.31. The summed E-state index contributed by atoms with van der Waals surface area (Å²) in [5.74, 6) is -1.24.